The fourth-order valence-electron chi connectivity index (χ4n) is 5.45. The molecule has 0 spiro atoms. The van der Waals surface area contributed by atoms with Crippen LogP contribution in [-0.4, -0.2) is 85.1 Å². The van der Waals surface area contributed by atoms with Gasteiger partial charge in [0.25, 0.3) is 0 Å². The van der Waals surface area contributed by atoms with E-state index in [0.29, 0.717) is 37.3 Å². The number of rotatable bonds is 9. The molecule has 1 N–H and O–H groups in total. The second kappa shape index (κ2) is 13.0. The maximum absolute atomic E-state index is 13.3. The Morgan fingerprint density at radius 1 is 0.949 bits per heavy atom. The Kier molecular flexibility index (Phi) is 8.96. The molecule has 3 aromatic carbocycles. The van der Waals surface area contributed by atoms with Crippen LogP contribution in [0.5, 0.6) is 5.75 Å². The van der Waals surface area contributed by atoms with Crippen molar-refractivity contribution in [1.82, 2.24) is 9.80 Å². The summed E-state index contributed by atoms with van der Waals surface area (Å²) in [5.41, 5.74) is 1.42. The minimum Gasteiger partial charge on any atom is -0.492 e. The molecule has 2 heterocycles. The summed E-state index contributed by atoms with van der Waals surface area (Å²) in [5, 5.41) is 12.1. The van der Waals surface area contributed by atoms with E-state index in [1.807, 2.05) is 18.2 Å². The summed E-state index contributed by atoms with van der Waals surface area (Å²) in [6.45, 7) is 5.16. The first kappa shape index (κ1) is 27.0. The molecular formula is C31H36N2O6. The molecule has 0 bridgehead atoms. The van der Waals surface area contributed by atoms with E-state index in [-0.39, 0.29) is 0 Å². The summed E-state index contributed by atoms with van der Waals surface area (Å²) in [6, 6.07) is 20.8. The lowest BCUT2D eigenvalue weighted by Gasteiger charge is -2.38. The third kappa shape index (κ3) is 7.07. The molecule has 2 saturated heterocycles. The number of ether oxygens (including phenoxy) is 3. The Morgan fingerprint density at radius 2 is 1.72 bits per heavy atom. The molecular weight excluding hydrogens is 496 g/mol. The van der Waals surface area contributed by atoms with Crippen molar-refractivity contribution >= 4 is 22.8 Å². The Hall–Kier alpha value is -3.62. The van der Waals surface area contributed by atoms with E-state index in [2.05, 4.69) is 29.2 Å². The number of hydrogen-bond donors (Lipinski definition) is 1. The van der Waals surface area contributed by atoms with E-state index >= 15 is 0 Å². The molecule has 39 heavy (non-hydrogen) atoms. The number of carboxylic acid groups (broad SMARTS) is 1. The summed E-state index contributed by atoms with van der Waals surface area (Å²) in [5.74, 6) is 0.230. The van der Waals surface area contributed by atoms with Crippen molar-refractivity contribution in [3.63, 3.8) is 0 Å². The minimum absolute atomic E-state index is 0.394. The number of hydrogen-bond acceptors (Lipinski definition) is 6. The van der Waals surface area contributed by atoms with E-state index < -0.39 is 24.2 Å². The first-order valence-electron chi connectivity index (χ1n) is 13.8. The molecule has 2 fully saturated rings. The standard InChI is InChI=1S/C31H36N2O6/c34-30(25-10-12-27(13-11-25)38-20-17-32-15-18-37-19-16-32)39-29(28-7-3-4-14-33(28)31(35)36)22-23-8-9-24-5-1-2-6-26(24)21-23/h1-2,5-6,8-13,21,28-29H,3-4,7,14-20,22H2,(H,35,36). The van der Waals surface area contributed by atoms with Crippen LogP contribution >= 0.6 is 0 Å². The number of benzene rings is 3. The van der Waals surface area contributed by atoms with Crippen LogP contribution in [0.15, 0.2) is 66.7 Å². The van der Waals surface area contributed by atoms with Gasteiger partial charge in [-0.2, -0.15) is 0 Å². The number of piperidine rings is 1. The number of esters is 1. The number of fused-ring (bicyclic) bond motifs is 1. The van der Waals surface area contributed by atoms with Gasteiger partial charge in [0.15, 0.2) is 0 Å². The van der Waals surface area contributed by atoms with Gasteiger partial charge < -0.3 is 24.2 Å². The van der Waals surface area contributed by atoms with Crippen molar-refractivity contribution in [3.8, 4) is 5.75 Å². The van der Waals surface area contributed by atoms with Gasteiger partial charge in [-0.15, -0.1) is 0 Å². The molecule has 0 radical (unpaired) electrons. The summed E-state index contributed by atoms with van der Waals surface area (Å²) in [7, 11) is 0. The van der Waals surface area contributed by atoms with Crippen molar-refractivity contribution in [3.05, 3.63) is 77.9 Å². The fourth-order valence-corrected chi connectivity index (χ4v) is 5.45. The number of carbonyl (C=O) groups is 2. The Morgan fingerprint density at radius 3 is 2.49 bits per heavy atom. The van der Waals surface area contributed by atoms with Crippen molar-refractivity contribution in [2.75, 3.05) is 46.0 Å². The lowest BCUT2D eigenvalue weighted by atomic mass is 9.92. The zero-order valence-electron chi connectivity index (χ0n) is 22.2. The lowest BCUT2D eigenvalue weighted by molar-refractivity contribution is -0.00827. The maximum Gasteiger partial charge on any atom is 0.407 e. The molecule has 0 saturated carbocycles. The monoisotopic (exact) mass is 532 g/mol. The smallest absolute Gasteiger partial charge is 0.407 e. The highest BCUT2D eigenvalue weighted by atomic mass is 16.5. The predicted molar refractivity (Wildman–Crippen MR) is 148 cm³/mol. The third-order valence-electron chi connectivity index (χ3n) is 7.60. The highest BCUT2D eigenvalue weighted by molar-refractivity contribution is 5.89. The largest absolute Gasteiger partial charge is 0.492 e. The van der Waals surface area contributed by atoms with Crippen LogP contribution in [0.4, 0.5) is 4.79 Å². The lowest BCUT2D eigenvalue weighted by Crippen LogP contribution is -2.51. The van der Waals surface area contributed by atoms with Gasteiger partial charge >= 0.3 is 12.1 Å². The summed E-state index contributed by atoms with van der Waals surface area (Å²) in [6.07, 6.45) is 1.24. The number of carbonyl (C=O) groups excluding carboxylic acids is 1. The van der Waals surface area contributed by atoms with Crippen LogP contribution in [0.25, 0.3) is 10.8 Å². The zero-order chi connectivity index (χ0) is 27.0. The van der Waals surface area contributed by atoms with Crippen molar-refractivity contribution in [1.29, 1.82) is 0 Å². The zero-order valence-corrected chi connectivity index (χ0v) is 22.2. The molecule has 2 aliphatic heterocycles. The van der Waals surface area contributed by atoms with Gasteiger partial charge in [0, 0.05) is 32.6 Å². The van der Waals surface area contributed by atoms with E-state index in [1.54, 1.807) is 24.3 Å². The first-order chi connectivity index (χ1) is 19.1. The summed E-state index contributed by atoms with van der Waals surface area (Å²) < 4.78 is 17.3. The van der Waals surface area contributed by atoms with E-state index in [1.165, 1.54) is 4.90 Å². The second-order valence-corrected chi connectivity index (χ2v) is 10.2. The molecule has 0 aromatic heterocycles. The van der Waals surface area contributed by atoms with Crippen LogP contribution in [-0.2, 0) is 15.9 Å². The number of amides is 1. The van der Waals surface area contributed by atoms with Crippen molar-refractivity contribution in [2.45, 2.75) is 37.8 Å². The van der Waals surface area contributed by atoms with Gasteiger partial charge in [-0.1, -0.05) is 42.5 Å². The Labute approximate surface area is 229 Å². The molecule has 206 valence electrons. The van der Waals surface area contributed by atoms with Crippen LogP contribution in [0.2, 0.25) is 0 Å². The maximum atomic E-state index is 13.3. The number of morpholine rings is 1. The quantitative estimate of drug-likeness (QED) is 0.394. The Bertz CT molecular complexity index is 1260. The van der Waals surface area contributed by atoms with Crippen LogP contribution < -0.4 is 4.74 Å². The van der Waals surface area contributed by atoms with Crippen LogP contribution in [0, 0.1) is 0 Å². The average molecular weight is 533 g/mol. The van der Waals surface area contributed by atoms with Gasteiger partial charge in [-0.3, -0.25) is 4.90 Å². The van der Waals surface area contributed by atoms with E-state index in [9.17, 15) is 14.7 Å². The van der Waals surface area contributed by atoms with Gasteiger partial charge in [0.1, 0.15) is 18.5 Å². The van der Waals surface area contributed by atoms with Crippen LogP contribution in [0.1, 0.15) is 35.2 Å². The van der Waals surface area contributed by atoms with Gasteiger partial charge in [-0.25, -0.2) is 9.59 Å². The normalized spacial score (nSPS) is 19.0. The highest BCUT2D eigenvalue weighted by Crippen LogP contribution is 2.26. The van der Waals surface area contributed by atoms with Gasteiger partial charge in [-0.05, 0) is 59.9 Å². The molecule has 2 atom stereocenters. The fraction of sp³-hybridized carbons (Fsp3) is 0.419. The Balaban J connectivity index is 1.27. The third-order valence-corrected chi connectivity index (χ3v) is 7.60. The SMILES string of the molecule is O=C(OC(Cc1ccc2ccccc2c1)C1CCCCN1C(=O)O)c1ccc(OCCN2CCOCC2)cc1. The molecule has 8 heteroatoms. The molecule has 3 aromatic rings. The first-order valence-corrected chi connectivity index (χ1v) is 13.8. The topological polar surface area (TPSA) is 88.5 Å². The predicted octanol–water partition coefficient (Wildman–Crippen LogP) is 4.85. The van der Waals surface area contributed by atoms with Gasteiger partial charge in [0.05, 0.1) is 24.8 Å². The van der Waals surface area contributed by atoms with E-state index in [0.717, 1.165) is 62.0 Å². The average Bonchev–Trinajstić information content (AvgIpc) is 2.97. The summed E-state index contributed by atoms with van der Waals surface area (Å²) >= 11 is 0. The summed E-state index contributed by atoms with van der Waals surface area (Å²) in [4.78, 5) is 29.0. The van der Waals surface area contributed by atoms with Crippen molar-refractivity contribution in [2.24, 2.45) is 0 Å². The molecule has 0 aliphatic carbocycles. The van der Waals surface area contributed by atoms with Gasteiger partial charge in [0.2, 0.25) is 0 Å². The number of likely N-dealkylation sites (tertiary alicyclic amines) is 1. The second-order valence-electron chi connectivity index (χ2n) is 10.2. The molecule has 1 amide bonds. The molecule has 8 nitrogen and oxygen atoms in total. The molecule has 2 aliphatic rings. The highest BCUT2D eigenvalue weighted by Gasteiger charge is 2.35. The molecule has 2 unspecified atom stereocenters. The van der Waals surface area contributed by atoms with E-state index in [4.69, 9.17) is 14.2 Å². The number of nitrogens with zero attached hydrogens (tertiary/aromatic N) is 2. The minimum atomic E-state index is -0.974. The molecule has 5 rings (SSSR count). The van der Waals surface area contributed by atoms with Crippen LogP contribution in [0.3, 0.4) is 0 Å². The van der Waals surface area contributed by atoms with Crippen molar-refractivity contribution < 1.29 is 28.9 Å².